The summed E-state index contributed by atoms with van der Waals surface area (Å²) in [6.45, 7) is 2.57. The fraction of sp³-hybridized carbons (Fsp3) is 0.333. The van der Waals surface area contributed by atoms with E-state index >= 15 is 0 Å². The zero-order valence-electron chi connectivity index (χ0n) is 19.8. The van der Waals surface area contributed by atoms with Gasteiger partial charge < -0.3 is 20.2 Å². The number of halogens is 2. The fourth-order valence-electron chi connectivity index (χ4n) is 3.58. The molecule has 12 heteroatoms. The van der Waals surface area contributed by atoms with E-state index in [1.807, 2.05) is 31.2 Å². The van der Waals surface area contributed by atoms with E-state index in [-0.39, 0.29) is 24.3 Å². The molecule has 2 aromatic carbocycles. The van der Waals surface area contributed by atoms with Crippen LogP contribution in [0.2, 0.25) is 0 Å². The number of nitrogens with zero attached hydrogens (tertiary/aromatic N) is 1. The predicted molar refractivity (Wildman–Crippen MR) is 130 cm³/mol. The molecule has 194 valence electrons. The molecule has 0 radical (unpaired) electrons. The molecule has 2 atom stereocenters. The normalized spacial score (nSPS) is 13.2. The Morgan fingerprint density at radius 1 is 1.11 bits per heavy atom. The first-order valence-corrected chi connectivity index (χ1v) is 13.1. The van der Waals surface area contributed by atoms with E-state index < -0.39 is 45.6 Å². The van der Waals surface area contributed by atoms with Crippen LogP contribution >= 0.6 is 0 Å². The van der Waals surface area contributed by atoms with Crippen LogP contribution in [0.5, 0.6) is 0 Å². The van der Waals surface area contributed by atoms with Gasteiger partial charge in [-0.05, 0) is 41.7 Å². The molecular weight excluding hydrogens is 494 g/mol. The Bertz CT molecular complexity index is 1280. The van der Waals surface area contributed by atoms with E-state index in [4.69, 9.17) is 4.42 Å². The van der Waals surface area contributed by atoms with Crippen LogP contribution in [0.15, 0.2) is 53.1 Å². The Kier molecular flexibility index (Phi) is 9.13. The number of aliphatic hydroxyl groups is 1. The van der Waals surface area contributed by atoms with Crippen molar-refractivity contribution >= 4 is 21.7 Å². The molecule has 0 bridgehead atoms. The third kappa shape index (κ3) is 8.40. The van der Waals surface area contributed by atoms with Crippen molar-refractivity contribution in [3.8, 4) is 0 Å². The molecule has 1 aromatic heterocycles. The van der Waals surface area contributed by atoms with Gasteiger partial charge in [0.05, 0.1) is 18.4 Å². The largest absolute Gasteiger partial charge is 0.439 e. The van der Waals surface area contributed by atoms with Gasteiger partial charge in [0.2, 0.25) is 10.0 Å². The molecule has 0 unspecified atom stereocenters. The predicted octanol–water partition coefficient (Wildman–Crippen LogP) is 2.38. The smallest absolute Gasteiger partial charge is 0.307 e. The van der Waals surface area contributed by atoms with Crippen LogP contribution in [-0.4, -0.2) is 49.4 Å². The molecular formula is C24H28F2N4O5S. The number of aliphatic hydroxyl groups excluding tert-OH is 1. The second kappa shape index (κ2) is 12.1. The Morgan fingerprint density at radius 3 is 2.47 bits per heavy atom. The van der Waals surface area contributed by atoms with E-state index in [0.29, 0.717) is 6.54 Å². The number of amides is 1. The average molecular weight is 523 g/mol. The molecule has 4 N–H and O–H groups in total. The van der Waals surface area contributed by atoms with E-state index in [9.17, 15) is 27.1 Å². The van der Waals surface area contributed by atoms with Gasteiger partial charge >= 0.3 is 5.91 Å². The lowest BCUT2D eigenvalue weighted by atomic mass is 10.0. The number of hydrogen-bond acceptors (Lipinski definition) is 7. The van der Waals surface area contributed by atoms with Crippen molar-refractivity contribution in [2.45, 2.75) is 38.5 Å². The fourth-order valence-corrected chi connectivity index (χ4v) is 4.05. The van der Waals surface area contributed by atoms with Crippen LogP contribution in [0, 0.1) is 11.6 Å². The Balaban J connectivity index is 1.71. The summed E-state index contributed by atoms with van der Waals surface area (Å²) in [5.74, 6) is -3.06. The molecule has 36 heavy (non-hydrogen) atoms. The number of nitrogens with one attached hydrogen (secondary N) is 3. The number of benzene rings is 2. The molecule has 0 saturated heterocycles. The third-order valence-corrected chi connectivity index (χ3v) is 5.81. The van der Waals surface area contributed by atoms with Gasteiger partial charge in [-0.25, -0.2) is 17.2 Å². The van der Waals surface area contributed by atoms with E-state index in [0.717, 1.165) is 42.7 Å². The summed E-state index contributed by atoms with van der Waals surface area (Å²) < 4.78 is 57.2. The average Bonchev–Trinajstić information content (AvgIpc) is 3.25. The minimum atomic E-state index is -3.64. The zero-order valence-corrected chi connectivity index (χ0v) is 20.6. The molecule has 3 rings (SSSR count). The summed E-state index contributed by atoms with van der Waals surface area (Å²) in [5, 5.41) is 16.5. The number of rotatable bonds is 12. The van der Waals surface area contributed by atoms with Crippen LogP contribution in [0.4, 0.5) is 14.6 Å². The number of aryl methyl sites for hydroxylation is 1. The highest BCUT2D eigenvalue weighted by Crippen LogP contribution is 2.14. The Labute approximate surface area is 208 Å². The number of anilines is 1. The lowest BCUT2D eigenvalue weighted by Crippen LogP contribution is -2.48. The van der Waals surface area contributed by atoms with Crippen molar-refractivity contribution in [3.05, 3.63) is 82.9 Å². The number of aromatic nitrogens is 1. The molecule has 1 heterocycles. The molecule has 1 amide bonds. The molecule has 0 aliphatic carbocycles. The highest BCUT2D eigenvalue weighted by atomic mass is 32.2. The van der Waals surface area contributed by atoms with Gasteiger partial charge in [0.25, 0.3) is 5.89 Å². The maximum atomic E-state index is 13.7. The van der Waals surface area contributed by atoms with Crippen LogP contribution in [-0.2, 0) is 29.4 Å². The highest BCUT2D eigenvalue weighted by molar-refractivity contribution is 7.92. The summed E-state index contributed by atoms with van der Waals surface area (Å²) in [6.07, 6.45) is 1.51. The third-order valence-electron chi connectivity index (χ3n) is 5.23. The molecule has 0 saturated carbocycles. The minimum Gasteiger partial charge on any atom is -0.439 e. The van der Waals surface area contributed by atoms with Gasteiger partial charge in [-0.15, -0.1) is 0 Å². The molecule has 9 nitrogen and oxygen atoms in total. The SMILES string of the molecule is CCc1cccc(CNC[C@H](O)[C@H](Cc2cc(F)cc(F)c2)NC(=O)c2nc(NS(C)(=O)=O)co2)c1. The van der Waals surface area contributed by atoms with E-state index in [1.165, 1.54) is 5.56 Å². The molecule has 0 spiro atoms. The molecule has 0 aliphatic heterocycles. The molecule has 0 fully saturated rings. The number of carbonyl (C=O) groups is 1. The molecule has 3 aromatic rings. The van der Waals surface area contributed by atoms with Crippen LogP contribution in [0.3, 0.4) is 0 Å². The van der Waals surface area contributed by atoms with Crippen LogP contribution < -0.4 is 15.4 Å². The second-order valence-corrected chi connectivity index (χ2v) is 10.1. The van der Waals surface area contributed by atoms with Crippen molar-refractivity contribution in [1.29, 1.82) is 0 Å². The summed E-state index contributed by atoms with van der Waals surface area (Å²) in [7, 11) is -3.64. The first kappa shape index (κ1) is 27.2. The minimum absolute atomic E-state index is 0.0611. The summed E-state index contributed by atoms with van der Waals surface area (Å²) in [5.41, 5.74) is 2.41. The number of hydrogen-bond donors (Lipinski definition) is 4. The van der Waals surface area contributed by atoms with Gasteiger partial charge in [0.1, 0.15) is 17.9 Å². The lowest BCUT2D eigenvalue weighted by Gasteiger charge is -2.24. The second-order valence-electron chi connectivity index (χ2n) is 8.35. The standard InChI is InChI=1S/C24H28F2N4O5S/c1-3-15-5-4-6-16(7-15)12-27-13-21(31)20(10-17-8-18(25)11-19(26)9-17)28-23(32)24-29-22(14-35-24)30-36(2,33)34/h4-9,11,14,20-21,27,30-31H,3,10,12-13H2,1-2H3,(H,28,32)/t20-,21-/m0/s1. The first-order chi connectivity index (χ1) is 17.0. The molecule has 0 aliphatic rings. The van der Waals surface area contributed by atoms with E-state index in [2.05, 4.69) is 20.3 Å². The Morgan fingerprint density at radius 2 is 1.81 bits per heavy atom. The highest BCUT2D eigenvalue weighted by Gasteiger charge is 2.25. The first-order valence-electron chi connectivity index (χ1n) is 11.2. The van der Waals surface area contributed by atoms with Gasteiger partial charge in [-0.3, -0.25) is 9.52 Å². The van der Waals surface area contributed by atoms with Gasteiger partial charge in [0.15, 0.2) is 5.82 Å². The lowest BCUT2D eigenvalue weighted by molar-refractivity contribution is 0.0798. The quantitative estimate of drug-likeness (QED) is 0.287. The van der Waals surface area contributed by atoms with Crippen molar-refractivity contribution in [2.24, 2.45) is 0 Å². The van der Waals surface area contributed by atoms with Crippen LogP contribution in [0.25, 0.3) is 0 Å². The maximum absolute atomic E-state index is 13.7. The zero-order chi connectivity index (χ0) is 26.3. The number of carbonyl (C=O) groups excluding carboxylic acids is 1. The topological polar surface area (TPSA) is 134 Å². The summed E-state index contributed by atoms with van der Waals surface area (Å²) >= 11 is 0. The number of sulfonamides is 1. The maximum Gasteiger partial charge on any atom is 0.307 e. The summed E-state index contributed by atoms with van der Waals surface area (Å²) in [4.78, 5) is 16.5. The van der Waals surface area contributed by atoms with Crippen molar-refractivity contribution in [1.82, 2.24) is 15.6 Å². The van der Waals surface area contributed by atoms with Crippen molar-refractivity contribution in [3.63, 3.8) is 0 Å². The van der Waals surface area contributed by atoms with E-state index in [1.54, 1.807) is 0 Å². The number of oxazole rings is 1. The van der Waals surface area contributed by atoms with Gasteiger partial charge in [-0.2, -0.15) is 4.98 Å². The monoisotopic (exact) mass is 522 g/mol. The van der Waals surface area contributed by atoms with Gasteiger partial charge in [0, 0.05) is 19.2 Å². The Hall–Kier alpha value is -3.35. The van der Waals surface area contributed by atoms with Gasteiger partial charge in [-0.1, -0.05) is 31.2 Å². The van der Waals surface area contributed by atoms with Crippen molar-refractivity contribution < 1.29 is 31.5 Å². The summed E-state index contributed by atoms with van der Waals surface area (Å²) in [6, 6.07) is 9.90. The van der Waals surface area contributed by atoms with Crippen LogP contribution in [0.1, 0.15) is 34.3 Å². The van der Waals surface area contributed by atoms with Crippen molar-refractivity contribution in [2.75, 3.05) is 17.5 Å².